The maximum absolute atomic E-state index is 6.94. The van der Waals surface area contributed by atoms with Gasteiger partial charge in [0.05, 0.1) is 0 Å². The Morgan fingerprint density at radius 2 is 0.667 bits per heavy atom. The van der Waals surface area contributed by atoms with Crippen LogP contribution < -0.4 is 0 Å². The molecule has 0 saturated heterocycles. The smallest absolute Gasteiger partial charge is 0 e. The molecule has 4 nitrogen and oxygen atoms in total. The van der Waals surface area contributed by atoms with Gasteiger partial charge in [0.1, 0.15) is 0 Å². The summed E-state index contributed by atoms with van der Waals surface area (Å²) in [5, 5.41) is 7.94. The van der Waals surface area contributed by atoms with E-state index in [4.69, 9.17) is 11.5 Å². The molecular weight excluding hydrogens is 432 g/mol. The summed E-state index contributed by atoms with van der Waals surface area (Å²) in [6.07, 6.45) is 0. The van der Waals surface area contributed by atoms with Crippen molar-refractivity contribution in [2.75, 3.05) is 26.2 Å². The first-order valence-electron chi connectivity index (χ1n) is 7.59. The second kappa shape index (κ2) is 22.8. The Balaban J connectivity index is -0.0000000533. The van der Waals surface area contributed by atoms with E-state index in [1.54, 1.807) is 0 Å². The molecule has 0 aromatic carbocycles. The Kier molecular flexibility index (Phi) is 36.1. The first kappa shape index (κ1) is 33.2. The van der Waals surface area contributed by atoms with Crippen LogP contribution in [-0.4, -0.2) is 37.3 Å². The molecule has 0 aliphatic carbocycles. The predicted octanol–water partition coefficient (Wildman–Crippen LogP) is 6.47. The molecule has 0 unspecified atom stereocenters. The van der Waals surface area contributed by atoms with Gasteiger partial charge in [-0.1, -0.05) is 69.2 Å². The molecule has 0 bridgehead atoms. The van der Waals surface area contributed by atoms with E-state index in [2.05, 4.69) is 10.6 Å². The molecule has 134 valence electrons. The Morgan fingerprint density at radius 3 is 0.667 bits per heavy atom. The summed E-state index contributed by atoms with van der Waals surface area (Å²) < 4.78 is 0. The van der Waals surface area contributed by atoms with Crippen LogP contribution in [0.25, 0.3) is 22.1 Å². The SMILES string of the molecule is CC(C)(C)[NH-].CC(C)(C)[NH-].CC[N-]CC.CC[N-]CC.[W]. The molecule has 0 rings (SSSR count). The van der Waals surface area contributed by atoms with Crippen LogP contribution >= 0.6 is 0 Å². The monoisotopic (exact) mass is 472 g/mol. The van der Waals surface area contributed by atoms with Crippen LogP contribution in [0.3, 0.4) is 0 Å². The number of nitrogens with one attached hydrogen (secondary N) is 2. The third-order valence-corrected chi connectivity index (χ3v) is 0.894. The zero-order valence-corrected chi connectivity index (χ0v) is 19.1. The van der Waals surface area contributed by atoms with E-state index in [1.807, 2.05) is 69.2 Å². The van der Waals surface area contributed by atoms with Gasteiger partial charge in [-0.2, -0.15) is 26.2 Å². The molecule has 0 radical (unpaired) electrons. The zero-order valence-electron chi connectivity index (χ0n) is 16.1. The second-order valence-corrected chi connectivity index (χ2v) is 6.21. The summed E-state index contributed by atoms with van der Waals surface area (Å²) in [4.78, 5) is 0. The van der Waals surface area contributed by atoms with E-state index in [1.165, 1.54) is 0 Å². The summed E-state index contributed by atoms with van der Waals surface area (Å²) in [6.45, 7) is 23.2. The Bertz CT molecular complexity index is 117. The molecule has 2 N–H and O–H groups in total. The summed E-state index contributed by atoms with van der Waals surface area (Å²) in [5.74, 6) is 0. The van der Waals surface area contributed by atoms with Crippen molar-refractivity contribution in [1.29, 1.82) is 0 Å². The first-order chi connectivity index (χ1) is 8.83. The van der Waals surface area contributed by atoms with Gasteiger partial charge in [0.2, 0.25) is 0 Å². The van der Waals surface area contributed by atoms with Crippen LogP contribution in [0.1, 0.15) is 69.2 Å². The fraction of sp³-hybridized carbons (Fsp3) is 1.00. The van der Waals surface area contributed by atoms with Gasteiger partial charge in [-0.25, -0.2) is 0 Å². The molecule has 0 amide bonds. The van der Waals surface area contributed by atoms with Crippen molar-refractivity contribution in [2.45, 2.75) is 80.3 Å². The average Bonchev–Trinajstić information content (AvgIpc) is 2.15. The van der Waals surface area contributed by atoms with Crippen molar-refractivity contribution < 1.29 is 21.1 Å². The largest absolute Gasteiger partial charge is 0.673 e. The van der Waals surface area contributed by atoms with Crippen molar-refractivity contribution in [2.24, 2.45) is 0 Å². The van der Waals surface area contributed by atoms with Crippen molar-refractivity contribution >= 4 is 0 Å². The van der Waals surface area contributed by atoms with Gasteiger partial charge < -0.3 is 22.1 Å². The third kappa shape index (κ3) is 344. The molecule has 0 fully saturated rings. The van der Waals surface area contributed by atoms with E-state index < -0.39 is 0 Å². The molecule has 21 heavy (non-hydrogen) atoms. The van der Waals surface area contributed by atoms with Crippen molar-refractivity contribution in [3.05, 3.63) is 22.1 Å². The van der Waals surface area contributed by atoms with Crippen LogP contribution in [-0.2, 0) is 21.1 Å². The number of hydrogen-bond acceptors (Lipinski definition) is 0. The van der Waals surface area contributed by atoms with Crippen LogP contribution in [0, 0.1) is 0 Å². The minimum absolute atomic E-state index is 0. The molecule has 5 heteroatoms. The third-order valence-electron chi connectivity index (χ3n) is 0.894. The first-order valence-corrected chi connectivity index (χ1v) is 7.59. The van der Waals surface area contributed by atoms with Gasteiger partial charge in [0, 0.05) is 21.1 Å². The summed E-state index contributed by atoms with van der Waals surface area (Å²) in [5.41, 5.74) is 13.4. The quantitative estimate of drug-likeness (QED) is 0.450. The summed E-state index contributed by atoms with van der Waals surface area (Å²) in [6, 6.07) is 0. The molecular formula is C16H40N4W-4. The van der Waals surface area contributed by atoms with E-state index in [-0.39, 0.29) is 32.1 Å². The van der Waals surface area contributed by atoms with Crippen LogP contribution in [0.2, 0.25) is 0 Å². The van der Waals surface area contributed by atoms with Crippen molar-refractivity contribution in [3.63, 3.8) is 0 Å². The Hall–Kier alpha value is 0.528. The van der Waals surface area contributed by atoms with Gasteiger partial charge in [-0.3, -0.25) is 0 Å². The van der Waals surface area contributed by atoms with Gasteiger partial charge in [-0.15, -0.1) is 11.1 Å². The molecule has 0 aliphatic rings. The Morgan fingerprint density at radius 1 is 0.571 bits per heavy atom. The van der Waals surface area contributed by atoms with Crippen LogP contribution in [0.15, 0.2) is 0 Å². The molecule has 0 aromatic heterocycles. The molecule has 0 saturated carbocycles. The Labute approximate surface area is 149 Å². The average molecular weight is 472 g/mol. The standard InChI is InChI=1S/4C4H10N.W/c2*1-4(2,3)5;2*1-3-5-4-2;/h2*5H,1-3H3;2*3-4H2,1-2H3;/q4*-1;. The molecule has 0 aromatic rings. The fourth-order valence-corrected chi connectivity index (χ4v) is 0.447. The summed E-state index contributed by atoms with van der Waals surface area (Å²) in [7, 11) is 0. The van der Waals surface area contributed by atoms with Crippen LogP contribution in [0.4, 0.5) is 0 Å². The molecule has 0 spiro atoms. The number of hydrogen-bond donors (Lipinski definition) is 0. The molecule has 0 heterocycles. The van der Waals surface area contributed by atoms with Gasteiger partial charge in [0.15, 0.2) is 0 Å². The minimum atomic E-state index is -0.250. The molecule has 0 aliphatic heterocycles. The maximum Gasteiger partial charge on any atom is 0 e. The predicted molar refractivity (Wildman–Crippen MR) is 97.0 cm³/mol. The van der Waals surface area contributed by atoms with E-state index in [0.29, 0.717) is 0 Å². The maximum atomic E-state index is 6.94. The molecule has 0 atom stereocenters. The van der Waals surface area contributed by atoms with Gasteiger partial charge in [0.25, 0.3) is 0 Å². The second-order valence-electron chi connectivity index (χ2n) is 6.21. The topological polar surface area (TPSA) is 75.8 Å². The minimum Gasteiger partial charge on any atom is -0.673 e. The zero-order chi connectivity index (χ0) is 17.2. The fourth-order valence-electron chi connectivity index (χ4n) is 0.447. The van der Waals surface area contributed by atoms with E-state index >= 15 is 0 Å². The van der Waals surface area contributed by atoms with Crippen molar-refractivity contribution in [3.8, 4) is 0 Å². The number of nitrogens with zero attached hydrogens (tertiary/aromatic N) is 2. The van der Waals surface area contributed by atoms with E-state index in [0.717, 1.165) is 26.2 Å². The number of rotatable bonds is 4. The van der Waals surface area contributed by atoms with E-state index in [9.17, 15) is 0 Å². The van der Waals surface area contributed by atoms with Crippen molar-refractivity contribution in [1.82, 2.24) is 0 Å². The summed E-state index contributed by atoms with van der Waals surface area (Å²) >= 11 is 0. The normalized spacial score (nSPS) is 9.71. The van der Waals surface area contributed by atoms with Gasteiger partial charge >= 0.3 is 0 Å². The van der Waals surface area contributed by atoms with Gasteiger partial charge in [-0.05, 0) is 0 Å². The van der Waals surface area contributed by atoms with Crippen LogP contribution in [0.5, 0.6) is 0 Å².